The summed E-state index contributed by atoms with van der Waals surface area (Å²) in [7, 11) is -3.31. The Balaban J connectivity index is 2.07. The topological polar surface area (TPSA) is 46.6 Å². The van der Waals surface area contributed by atoms with Gasteiger partial charge in [0, 0.05) is 30.5 Å². The van der Waals surface area contributed by atoms with Crippen LogP contribution in [0.15, 0.2) is 17.5 Å². The van der Waals surface area contributed by atoms with Crippen molar-refractivity contribution >= 4 is 33.0 Å². The first-order chi connectivity index (χ1) is 9.12. The molecule has 1 atom stereocenters. The molecule has 0 saturated carbocycles. The molecule has 1 aromatic heterocycles. The highest BCUT2D eigenvalue weighted by Crippen LogP contribution is 2.19. The van der Waals surface area contributed by atoms with Gasteiger partial charge in [-0.25, -0.2) is 8.42 Å². The molecule has 4 nitrogen and oxygen atoms in total. The van der Waals surface area contributed by atoms with Gasteiger partial charge in [-0.3, -0.25) is 0 Å². The third-order valence-electron chi connectivity index (χ3n) is 3.07. The number of nitrogens with zero attached hydrogens (tertiary/aromatic N) is 1. The van der Waals surface area contributed by atoms with Crippen LogP contribution in [0.1, 0.15) is 17.7 Å². The minimum Gasteiger partial charge on any atom is -0.377 e. The first kappa shape index (κ1) is 15.3. The van der Waals surface area contributed by atoms with E-state index in [1.807, 2.05) is 17.5 Å². The van der Waals surface area contributed by atoms with Gasteiger partial charge in [0.1, 0.15) is 0 Å². The maximum absolute atomic E-state index is 12.2. The van der Waals surface area contributed by atoms with Gasteiger partial charge in [-0.2, -0.15) is 4.31 Å². The van der Waals surface area contributed by atoms with Crippen molar-refractivity contribution in [3.8, 4) is 0 Å². The van der Waals surface area contributed by atoms with E-state index in [2.05, 4.69) is 0 Å². The van der Waals surface area contributed by atoms with Gasteiger partial charge in [0.2, 0.25) is 10.0 Å². The van der Waals surface area contributed by atoms with Crippen LogP contribution in [0.3, 0.4) is 0 Å². The summed E-state index contributed by atoms with van der Waals surface area (Å²) in [6.07, 6.45) is 1.95. The molecule has 1 saturated heterocycles. The lowest BCUT2D eigenvalue weighted by atomic mass is 10.2. The van der Waals surface area contributed by atoms with E-state index in [0.717, 1.165) is 24.3 Å². The second-order valence-electron chi connectivity index (χ2n) is 4.51. The Labute approximate surface area is 123 Å². The molecular weight excluding hydrogens is 306 g/mol. The second-order valence-corrected chi connectivity index (χ2v) is 8.01. The average Bonchev–Trinajstić information content (AvgIpc) is 3.00. The van der Waals surface area contributed by atoms with Crippen LogP contribution in [-0.2, 0) is 21.3 Å². The Bertz CT molecular complexity index is 469. The van der Waals surface area contributed by atoms with Crippen molar-refractivity contribution in [1.82, 2.24) is 4.31 Å². The molecule has 19 heavy (non-hydrogen) atoms. The third kappa shape index (κ3) is 4.43. The monoisotopic (exact) mass is 323 g/mol. The minimum absolute atomic E-state index is 0.0186. The van der Waals surface area contributed by atoms with E-state index in [9.17, 15) is 8.42 Å². The maximum atomic E-state index is 12.2. The van der Waals surface area contributed by atoms with Crippen molar-refractivity contribution in [3.63, 3.8) is 0 Å². The van der Waals surface area contributed by atoms with Crippen molar-refractivity contribution in [2.45, 2.75) is 25.5 Å². The third-order valence-corrected chi connectivity index (χ3v) is 6.13. The van der Waals surface area contributed by atoms with Crippen molar-refractivity contribution in [1.29, 1.82) is 0 Å². The maximum Gasteiger partial charge on any atom is 0.215 e. The molecule has 2 rings (SSSR count). The van der Waals surface area contributed by atoms with E-state index in [1.165, 1.54) is 4.31 Å². The van der Waals surface area contributed by atoms with Gasteiger partial charge >= 0.3 is 0 Å². The zero-order chi connectivity index (χ0) is 13.7. The molecule has 0 radical (unpaired) electrons. The first-order valence-electron chi connectivity index (χ1n) is 6.29. The molecule has 0 N–H and O–H groups in total. The molecular formula is C12H18ClNO3S2. The van der Waals surface area contributed by atoms with Gasteiger partial charge in [0.15, 0.2) is 0 Å². The van der Waals surface area contributed by atoms with E-state index in [-0.39, 0.29) is 17.7 Å². The number of thiophene rings is 1. The van der Waals surface area contributed by atoms with Gasteiger partial charge in [-0.1, -0.05) is 6.07 Å². The lowest BCUT2D eigenvalue weighted by molar-refractivity contribution is 0.0928. The number of sulfonamides is 1. The largest absolute Gasteiger partial charge is 0.377 e. The fourth-order valence-corrected chi connectivity index (χ4v) is 4.66. The van der Waals surface area contributed by atoms with Crippen LogP contribution < -0.4 is 0 Å². The van der Waals surface area contributed by atoms with Gasteiger partial charge in [-0.05, 0) is 24.3 Å². The first-order valence-corrected chi connectivity index (χ1v) is 9.32. The Morgan fingerprint density at radius 1 is 1.53 bits per heavy atom. The van der Waals surface area contributed by atoms with Gasteiger partial charge in [0.25, 0.3) is 0 Å². The smallest absolute Gasteiger partial charge is 0.215 e. The summed E-state index contributed by atoms with van der Waals surface area (Å²) in [5.74, 6) is 0.0987. The number of halogens is 1. The molecule has 0 spiro atoms. The molecule has 0 aliphatic carbocycles. The van der Waals surface area contributed by atoms with Crippen molar-refractivity contribution < 1.29 is 13.2 Å². The highest BCUT2D eigenvalue weighted by atomic mass is 35.5. The summed E-state index contributed by atoms with van der Waals surface area (Å²) in [6, 6.07) is 3.88. The lowest BCUT2D eigenvalue weighted by Crippen LogP contribution is -2.38. The fraction of sp³-hybridized carbons (Fsp3) is 0.667. The summed E-state index contributed by atoms with van der Waals surface area (Å²) >= 11 is 7.16. The molecule has 0 amide bonds. The molecule has 108 valence electrons. The normalized spacial score (nSPS) is 20.2. The van der Waals surface area contributed by atoms with Crippen LogP contribution >= 0.6 is 22.9 Å². The SMILES string of the molecule is O=S(=O)(CCCl)N(Cc1cccs1)CC1CCCO1. The zero-order valence-electron chi connectivity index (χ0n) is 10.6. The van der Waals surface area contributed by atoms with Crippen LogP contribution in [0.25, 0.3) is 0 Å². The van der Waals surface area contributed by atoms with Gasteiger partial charge < -0.3 is 4.74 Å². The Kier molecular flexibility index (Phi) is 5.65. The highest BCUT2D eigenvalue weighted by molar-refractivity contribution is 7.89. The number of hydrogen-bond donors (Lipinski definition) is 0. The van der Waals surface area contributed by atoms with E-state index >= 15 is 0 Å². The Morgan fingerprint density at radius 2 is 2.37 bits per heavy atom. The number of ether oxygens (including phenoxy) is 1. The standard InChI is InChI=1S/C12H18ClNO3S2/c13-5-8-19(15,16)14(9-11-3-1-6-17-11)10-12-4-2-7-18-12/h2,4,7,11H,1,3,5-6,8-10H2. The average molecular weight is 324 g/mol. The minimum atomic E-state index is -3.31. The summed E-state index contributed by atoms with van der Waals surface area (Å²) in [5.41, 5.74) is 0. The van der Waals surface area contributed by atoms with E-state index in [1.54, 1.807) is 11.3 Å². The molecule has 7 heteroatoms. The summed E-state index contributed by atoms with van der Waals surface area (Å²) < 4.78 is 31.5. The Morgan fingerprint density at radius 3 is 2.95 bits per heavy atom. The van der Waals surface area contributed by atoms with Crippen molar-refractivity contribution in [3.05, 3.63) is 22.4 Å². The van der Waals surface area contributed by atoms with Crippen molar-refractivity contribution in [2.24, 2.45) is 0 Å². The highest BCUT2D eigenvalue weighted by Gasteiger charge is 2.27. The molecule has 1 aromatic rings. The quantitative estimate of drug-likeness (QED) is 0.723. The molecule has 0 aromatic carbocycles. The summed E-state index contributed by atoms with van der Waals surface area (Å²) in [6.45, 7) is 1.57. The van der Waals surface area contributed by atoms with Gasteiger partial charge in [-0.15, -0.1) is 22.9 Å². The molecule has 1 aliphatic heterocycles. The van der Waals surface area contributed by atoms with E-state index in [0.29, 0.717) is 13.1 Å². The fourth-order valence-electron chi connectivity index (χ4n) is 2.09. The van der Waals surface area contributed by atoms with Crippen LogP contribution in [0, 0.1) is 0 Å². The predicted octanol–water partition coefficient (Wildman–Crippen LogP) is 2.30. The molecule has 1 fully saturated rings. The van der Waals surface area contributed by atoms with E-state index in [4.69, 9.17) is 16.3 Å². The number of hydrogen-bond acceptors (Lipinski definition) is 4. The zero-order valence-corrected chi connectivity index (χ0v) is 13.0. The van der Waals surface area contributed by atoms with Crippen LogP contribution in [0.5, 0.6) is 0 Å². The van der Waals surface area contributed by atoms with Crippen LogP contribution in [-0.4, -0.2) is 43.6 Å². The summed E-state index contributed by atoms with van der Waals surface area (Å²) in [5, 5.41) is 1.95. The van der Waals surface area contributed by atoms with Crippen LogP contribution in [0.2, 0.25) is 0 Å². The van der Waals surface area contributed by atoms with Gasteiger partial charge in [0.05, 0.1) is 11.9 Å². The van der Waals surface area contributed by atoms with E-state index < -0.39 is 10.0 Å². The lowest BCUT2D eigenvalue weighted by Gasteiger charge is -2.24. The number of rotatable bonds is 7. The predicted molar refractivity (Wildman–Crippen MR) is 78.2 cm³/mol. The second kappa shape index (κ2) is 7.04. The summed E-state index contributed by atoms with van der Waals surface area (Å²) in [4.78, 5) is 1.04. The molecule has 1 aliphatic rings. The molecule has 1 unspecified atom stereocenters. The van der Waals surface area contributed by atoms with Crippen LogP contribution in [0.4, 0.5) is 0 Å². The Hall–Kier alpha value is -0.140. The molecule has 0 bridgehead atoms. The molecule has 2 heterocycles. The number of alkyl halides is 1. The van der Waals surface area contributed by atoms with Crippen molar-refractivity contribution in [2.75, 3.05) is 24.8 Å².